The Morgan fingerprint density at radius 1 is 0.923 bits per heavy atom. The molecule has 0 bridgehead atoms. The molecule has 280 valence electrons. The van der Waals surface area contributed by atoms with Crippen LogP contribution in [0.3, 0.4) is 0 Å². The van der Waals surface area contributed by atoms with Crippen LogP contribution in [-0.4, -0.2) is 82.3 Å². The van der Waals surface area contributed by atoms with Crippen LogP contribution in [0, 0.1) is 12.8 Å². The number of anilines is 2. The first-order chi connectivity index (χ1) is 24.6. The Labute approximate surface area is 303 Å². The second kappa shape index (κ2) is 19.0. The van der Waals surface area contributed by atoms with Crippen LogP contribution in [0.1, 0.15) is 64.0 Å². The van der Waals surface area contributed by atoms with E-state index in [1.54, 1.807) is 44.2 Å². The summed E-state index contributed by atoms with van der Waals surface area (Å²) in [4.78, 5) is 91.1. The summed E-state index contributed by atoms with van der Waals surface area (Å²) in [6.45, 7) is 11.2. The highest BCUT2D eigenvalue weighted by atomic mass is 16.4. The number of benzene rings is 2. The topological polar surface area (TPSA) is 229 Å². The number of aliphatic carboxylic acids is 1. The second-order valence-corrected chi connectivity index (χ2v) is 13.2. The number of nitrogens with one attached hydrogen (secondary N) is 5. The Morgan fingerprint density at radius 2 is 1.56 bits per heavy atom. The number of hydrogen-bond acceptors (Lipinski definition) is 7. The summed E-state index contributed by atoms with van der Waals surface area (Å²) in [5, 5.41) is 22.8. The van der Waals surface area contributed by atoms with Gasteiger partial charge in [-0.2, -0.15) is 0 Å². The van der Waals surface area contributed by atoms with E-state index in [0.717, 1.165) is 5.56 Å². The van der Waals surface area contributed by atoms with E-state index in [4.69, 9.17) is 5.73 Å². The van der Waals surface area contributed by atoms with E-state index in [0.29, 0.717) is 41.8 Å². The molecule has 1 fully saturated rings. The number of rotatable bonds is 17. The average Bonchev–Trinajstić information content (AvgIpc) is 3.58. The van der Waals surface area contributed by atoms with Crippen molar-refractivity contribution in [3.05, 3.63) is 71.8 Å². The molecule has 1 aliphatic heterocycles. The molecule has 0 radical (unpaired) electrons. The van der Waals surface area contributed by atoms with Gasteiger partial charge in [-0.25, -0.2) is 4.79 Å². The number of likely N-dealkylation sites (tertiary alicyclic amines) is 1. The van der Waals surface area contributed by atoms with Gasteiger partial charge in [-0.15, -0.1) is 6.58 Å². The Kier molecular flexibility index (Phi) is 14.9. The average molecular weight is 720 g/mol. The third-order valence-corrected chi connectivity index (χ3v) is 8.83. The fourth-order valence-corrected chi connectivity index (χ4v) is 5.79. The highest BCUT2D eigenvalue weighted by Gasteiger charge is 2.39. The summed E-state index contributed by atoms with van der Waals surface area (Å²) >= 11 is 0. The van der Waals surface area contributed by atoms with Gasteiger partial charge in [0.15, 0.2) is 0 Å². The van der Waals surface area contributed by atoms with E-state index in [9.17, 15) is 38.7 Å². The molecule has 2 aromatic carbocycles. The third-order valence-electron chi connectivity index (χ3n) is 8.83. The van der Waals surface area contributed by atoms with E-state index in [1.807, 2.05) is 32.0 Å². The minimum Gasteiger partial charge on any atom is -0.481 e. The van der Waals surface area contributed by atoms with E-state index in [2.05, 4.69) is 33.2 Å². The molecule has 2 aromatic rings. The molecule has 1 saturated heterocycles. The molecule has 0 aromatic heterocycles. The number of aryl methyl sites for hydroxylation is 1. The van der Waals surface area contributed by atoms with Crippen molar-refractivity contribution in [3.8, 4) is 0 Å². The van der Waals surface area contributed by atoms with E-state index < -0.39 is 78.0 Å². The highest BCUT2D eigenvalue weighted by Crippen LogP contribution is 2.21. The maximum atomic E-state index is 13.5. The van der Waals surface area contributed by atoms with Gasteiger partial charge in [0.2, 0.25) is 29.5 Å². The molecule has 0 saturated carbocycles. The number of carboxylic acids is 1. The molecule has 5 atom stereocenters. The van der Waals surface area contributed by atoms with Crippen LogP contribution in [0.5, 0.6) is 0 Å². The second-order valence-electron chi connectivity index (χ2n) is 13.2. The zero-order chi connectivity index (χ0) is 38.5. The number of hydrogen-bond donors (Lipinski definition) is 7. The van der Waals surface area contributed by atoms with Gasteiger partial charge in [-0.05, 0) is 68.4 Å². The minimum absolute atomic E-state index is 0.00468. The first-order valence-corrected chi connectivity index (χ1v) is 17.2. The van der Waals surface area contributed by atoms with Crippen molar-refractivity contribution in [2.24, 2.45) is 11.7 Å². The van der Waals surface area contributed by atoms with Crippen LogP contribution in [0.25, 0.3) is 0 Å². The van der Waals surface area contributed by atoms with Gasteiger partial charge in [0, 0.05) is 17.9 Å². The van der Waals surface area contributed by atoms with Crippen LogP contribution in [0.4, 0.5) is 16.2 Å². The SMILES string of the molecule is C=C(C)C[C@H](NC(=O)Cc1ccc(NC(=O)Nc2ccccc2C)cc1)C(=O)N[C@@H](CC(=O)O)C(=O)N[C@H](C(=O)N1CCC[C@H]1C(N)=O)C(C)CC. The normalized spacial score (nSPS) is 16.0. The summed E-state index contributed by atoms with van der Waals surface area (Å²) in [5.74, 6) is -5.23. The summed E-state index contributed by atoms with van der Waals surface area (Å²) in [5.41, 5.74) is 8.67. The van der Waals surface area contributed by atoms with Gasteiger partial charge >= 0.3 is 12.0 Å². The molecule has 1 aliphatic rings. The van der Waals surface area contributed by atoms with Crippen LogP contribution in [0.2, 0.25) is 0 Å². The largest absolute Gasteiger partial charge is 0.481 e. The molecule has 7 amide bonds. The van der Waals surface area contributed by atoms with Crippen molar-refractivity contribution < 1.29 is 38.7 Å². The maximum absolute atomic E-state index is 13.5. The number of carboxylic acid groups (broad SMARTS) is 1. The zero-order valence-corrected chi connectivity index (χ0v) is 30.0. The molecule has 15 nitrogen and oxygen atoms in total. The van der Waals surface area contributed by atoms with Gasteiger partial charge in [0.25, 0.3) is 0 Å². The first-order valence-electron chi connectivity index (χ1n) is 17.2. The van der Waals surface area contributed by atoms with Gasteiger partial charge in [0.1, 0.15) is 24.2 Å². The summed E-state index contributed by atoms with van der Waals surface area (Å²) in [6.07, 6.45) is 0.488. The smallest absolute Gasteiger partial charge is 0.323 e. The molecule has 0 spiro atoms. The summed E-state index contributed by atoms with van der Waals surface area (Å²) in [7, 11) is 0. The lowest BCUT2D eigenvalue weighted by atomic mass is 9.96. The fourth-order valence-electron chi connectivity index (χ4n) is 5.79. The number of amides is 7. The van der Waals surface area contributed by atoms with Gasteiger partial charge in [-0.1, -0.05) is 56.2 Å². The predicted octanol–water partition coefficient (Wildman–Crippen LogP) is 2.60. The minimum atomic E-state index is -1.59. The molecule has 8 N–H and O–H groups in total. The van der Waals surface area contributed by atoms with Crippen LogP contribution < -0.4 is 32.3 Å². The molecule has 3 rings (SSSR count). The molecular formula is C37H49N7O8. The van der Waals surface area contributed by atoms with Crippen molar-refractivity contribution in [1.29, 1.82) is 0 Å². The molecule has 52 heavy (non-hydrogen) atoms. The Hall–Kier alpha value is -5.73. The monoisotopic (exact) mass is 719 g/mol. The van der Waals surface area contributed by atoms with E-state index in [1.165, 1.54) is 4.90 Å². The molecular weight excluding hydrogens is 670 g/mol. The van der Waals surface area contributed by atoms with Crippen molar-refractivity contribution in [2.75, 3.05) is 17.2 Å². The van der Waals surface area contributed by atoms with Gasteiger partial charge in [0.05, 0.1) is 12.8 Å². The summed E-state index contributed by atoms with van der Waals surface area (Å²) in [6, 6.07) is 8.72. The van der Waals surface area contributed by atoms with Crippen molar-refractivity contribution >= 4 is 52.9 Å². The third kappa shape index (κ3) is 12.0. The lowest BCUT2D eigenvalue weighted by Gasteiger charge is -2.32. The number of para-hydroxylation sites is 1. The molecule has 1 heterocycles. The van der Waals surface area contributed by atoms with Crippen molar-refractivity contribution in [1.82, 2.24) is 20.9 Å². The highest BCUT2D eigenvalue weighted by molar-refractivity contribution is 6.00. The fraction of sp³-hybridized carbons (Fsp3) is 0.432. The Morgan fingerprint density at radius 3 is 2.15 bits per heavy atom. The van der Waals surface area contributed by atoms with Gasteiger partial charge < -0.3 is 42.3 Å². The molecule has 15 heteroatoms. The Balaban J connectivity index is 1.67. The number of carbonyl (C=O) groups excluding carboxylic acids is 6. The van der Waals surface area contributed by atoms with Gasteiger partial charge in [-0.3, -0.25) is 28.8 Å². The number of urea groups is 1. The van der Waals surface area contributed by atoms with Crippen molar-refractivity contribution in [2.45, 2.75) is 90.4 Å². The summed E-state index contributed by atoms with van der Waals surface area (Å²) < 4.78 is 0. The number of primary amides is 1. The lowest BCUT2D eigenvalue weighted by Crippen LogP contribution is -2.59. The maximum Gasteiger partial charge on any atom is 0.323 e. The number of carbonyl (C=O) groups is 7. The Bertz CT molecular complexity index is 1660. The first kappa shape index (κ1) is 40.7. The van der Waals surface area contributed by atoms with Crippen LogP contribution in [0.15, 0.2) is 60.7 Å². The van der Waals surface area contributed by atoms with Crippen molar-refractivity contribution in [3.63, 3.8) is 0 Å². The zero-order valence-electron chi connectivity index (χ0n) is 30.0. The number of nitrogens with zero attached hydrogens (tertiary/aromatic N) is 1. The standard InChI is InChI=1S/C37H49N7O8/c1-6-22(4)32(36(51)44-17-9-12-29(44)33(38)48)43-35(50)28(20-31(46)47)41-34(49)27(18-21(2)3)40-30(45)19-24-13-15-25(16-14-24)39-37(52)42-26-11-8-7-10-23(26)5/h7-8,10-11,13-16,22,27-29,32H,2,6,9,12,17-20H2,1,3-5H3,(H2,38,48)(H,40,45)(H,41,49)(H,43,50)(H,46,47)(H2,39,42,52)/t22?,27-,28-,29-,32-/m0/s1. The van der Waals surface area contributed by atoms with E-state index in [-0.39, 0.29) is 19.4 Å². The predicted molar refractivity (Wildman–Crippen MR) is 195 cm³/mol. The quantitative estimate of drug-likeness (QED) is 0.120. The molecule has 1 unspecified atom stereocenters. The van der Waals surface area contributed by atoms with Crippen LogP contribution in [-0.2, 0) is 35.2 Å². The lowest BCUT2D eigenvalue weighted by molar-refractivity contribution is -0.144. The molecule has 0 aliphatic carbocycles. The number of nitrogens with two attached hydrogens (primary N) is 1. The van der Waals surface area contributed by atoms with E-state index >= 15 is 0 Å². The van der Waals surface area contributed by atoms with Crippen LogP contribution >= 0.6 is 0 Å².